The highest BCUT2D eigenvalue weighted by Gasteiger charge is 2.38. The average Bonchev–Trinajstić information content (AvgIpc) is 2.96. The minimum atomic E-state index is 0.554. The van der Waals surface area contributed by atoms with Gasteiger partial charge >= 0.3 is 0 Å². The summed E-state index contributed by atoms with van der Waals surface area (Å²) in [6.45, 7) is 4.50. The second-order valence-corrected chi connectivity index (χ2v) is 6.75. The van der Waals surface area contributed by atoms with Gasteiger partial charge in [-0.3, -0.25) is 0 Å². The fraction of sp³-hybridized carbons (Fsp3) is 0.500. The Morgan fingerprint density at radius 1 is 1.28 bits per heavy atom. The van der Waals surface area contributed by atoms with E-state index >= 15 is 0 Å². The van der Waals surface area contributed by atoms with Crippen LogP contribution in [0.2, 0.25) is 0 Å². The van der Waals surface area contributed by atoms with Gasteiger partial charge in [-0.25, -0.2) is 0 Å². The van der Waals surface area contributed by atoms with Crippen molar-refractivity contribution < 1.29 is 0 Å². The van der Waals surface area contributed by atoms with E-state index in [0.717, 1.165) is 22.2 Å². The molecule has 0 aromatic heterocycles. The van der Waals surface area contributed by atoms with E-state index in [4.69, 9.17) is 0 Å². The molecular formula is C16H20BrN. The molecule has 96 valence electrons. The van der Waals surface area contributed by atoms with Crippen LogP contribution in [0.5, 0.6) is 0 Å². The van der Waals surface area contributed by atoms with Crippen molar-refractivity contribution >= 4 is 21.6 Å². The normalized spacial score (nSPS) is 30.7. The van der Waals surface area contributed by atoms with Crippen LogP contribution in [0.4, 0.5) is 5.69 Å². The molecule has 1 saturated carbocycles. The van der Waals surface area contributed by atoms with Crippen molar-refractivity contribution in [2.45, 2.75) is 32.7 Å². The van der Waals surface area contributed by atoms with E-state index in [-0.39, 0.29) is 0 Å². The highest BCUT2D eigenvalue weighted by molar-refractivity contribution is 9.10. The zero-order valence-electron chi connectivity index (χ0n) is 11.0. The largest absolute Gasteiger partial charge is 0.382 e. The summed E-state index contributed by atoms with van der Waals surface area (Å²) in [5, 5.41) is 3.71. The van der Waals surface area contributed by atoms with E-state index in [0.29, 0.717) is 6.04 Å². The lowest BCUT2D eigenvalue weighted by atomic mass is 9.87. The van der Waals surface area contributed by atoms with Gasteiger partial charge in [0.2, 0.25) is 0 Å². The van der Waals surface area contributed by atoms with E-state index in [1.165, 1.54) is 24.1 Å². The topological polar surface area (TPSA) is 12.0 Å². The van der Waals surface area contributed by atoms with Crippen LogP contribution in [0.1, 0.15) is 25.3 Å². The summed E-state index contributed by atoms with van der Waals surface area (Å²) in [7, 11) is 0. The SMILES string of the molecule is Cc1ccc(Br)cc1NC(C)C1CC2C=CC1C2. The van der Waals surface area contributed by atoms with Crippen LogP contribution < -0.4 is 5.32 Å². The van der Waals surface area contributed by atoms with Crippen LogP contribution in [0.3, 0.4) is 0 Å². The van der Waals surface area contributed by atoms with E-state index in [9.17, 15) is 0 Å². The molecule has 0 radical (unpaired) electrons. The Balaban J connectivity index is 1.72. The summed E-state index contributed by atoms with van der Waals surface area (Å²) in [5.41, 5.74) is 2.59. The smallest absolute Gasteiger partial charge is 0.0383 e. The Labute approximate surface area is 118 Å². The van der Waals surface area contributed by atoms with Gasteiger partial charge in [0.1, 0.15) is 0 Å². The van der Waals surface area contributed by atoms with Crippen molar-refractivity contribution in [3.8, 4) is 0 Å². The number of hydrogen-bond donors (Lipinski definition) is 1. The van der Waals surface area contributed by atoms with Crippen LogP contribution in [0.15, 0.2) is 34.8 Å². The summed E-state index contributed by atoms with van der Waals surface area (Å²) < 4.78 is 1.15. The van der Waals surface area contributed by atoms with Gasteiger partial charge in [0.15, 0.2) is 0 Å². The van der Waals surface area contributed by atoms with Crippen molar-refractivity contribution in [1.82, 2.24) is 0 Å². The molecule has 3 rings (SSSR count). The molecule has 4 unspecified atom stereocenters. The van der Waals surface area contributed by atoms with Gasteiger partial charge in [-0.05, 0) is 62.1 Å². The number of anilines is 1. The van der Waals surface area contributed by atoms with Crippen LogP contribution in [-0.4, -0.2) is 6.04 Å². The summed E-state index contributed by atoms with van der Waals surface area (Å²) in [6, 6.07) is 7.01. The molecule has 1 nitrogen and oxygen atoms in total. The first kappa shape index (κ1) is 12.3. The molecule has 1 aromatic carbocycles. The molecule has 4 atom stereocenters. The van der Waals surface area contributed by atoms with Gasteiger partial charge in [0.25, 0.3) is 0 Å². The molecule has 18 heavy (non-hydrogen) atoms. The Morgan fingerprint density at radius 2 is 2.11 bits per heavy atom. The second kappa shape index (κ2) is 4.73. The third-order valence-corrected chi connectivity index (χ3v) is 5.05. The lowest BCUT2D eigenvalue weighted by Gasteiger charge is -2.27. The minimum absolute atomic E-state index is 0.554. The third-order valence-electron chi connectivity index (χ3n) is 4.56. The summed E-state index contributed by atoms with van der Waals surface area (Å²) in [5.74, 6) is 2.47. The van der Waals surface area contributed by atoms with Crippen molar-refractivity contribution in [3.63, 3.8) is 0 Å². The maximum atomic E-state index is 3.71. The first-order chi connectivity index (χ1) is 8.63. The first-order valence-electron chi connectivity index (χ1n) is 6.84. The maximum Gasteiger partial charge on any atom is 0.0383 e. The Kier molecular flexibility index (Phi) is 3.23. The number of benzene rings is 1. The fourth-order valence-electron chi connectivity index (χ4n) is 3.50. The molecule has 0 amide bonds. The van der Waals surface area contributed by atoms with E-state index in [1.54, 1.807) is 0 Å². The number of fused-ring (bicyclic) bond motifs is 2. The van der Waals surface area contributed by atoms with Crippen LogP contribution >= 0.6 is 15.9 Å². The van der Waals surface area contributed by atoms with E-state index < -0.39 is 0 Å². The third kappa shape index (κ3) is 2.23. The van der Waals surface area contributed by atoms with Gasteiger partial charge < -0.3 is 5.32 Å². The van der Waals surface area contributed by atoms with Crippen LogP contribution in [0, 0.1) is 24.7 Å². The standard InChI is InChI=1S/C16H20BrN/c1-10-3-6-14(17)9-16(10)18-11(2)15-8-12-4-5-13(15)7-12/h3-6,9,11-13,15,18H,7-8H2,1-2H3. The fourth-order valence-corrected chi connectivity index (χ4v) is 3.86. The molecule has 2 aliphatic carbocycles. The number of halogens is 1. The van der Waals surface area contributed by atoms with Crippen LogP contribution in [-0.2, 0) is 0 Å². The van der Waals surface area contributed by atoms with Crippen LogP contribution in [0.25, 0.3) is 0 Å². The van der Waals surface area contributed by atoms with Crippen molar-refractivity contribution in [1.29, 1.82) is 0 Å². The van der Waals surface area contributed by atoms with Gasteiger partial charge in [-0.15, -0.1) is 0 Å². The number of hydrogen-bond acceptors (Lipinski definition) is 1. The molecule has 1 fully saturated rings. The zero-order valence-corrected chi connectivity index (χ0v) is 12.6. The number of nitrogens with one attached hydrogen (secondary N) is 1. The Morgan fingerprint density at radius 3 is 2.78 bits per heavy atom. The highest BCUT2D eigenvalue weighted by Crippen LogP contribution is 2.45. The molecule has 0 saturated heterocycles. The molecule has 2 bridgehead atoms. The van der Waals surface area contributed by atoms with Crippen molar-refractivity contribution in [2.24, 2.45) is 17.8 Å². The lowest BCUT2D eigenvalue weighted by molar-refractivity contribution is 0.400. The quantitative estimate of drug-likeness (QED) is 0.793. The molecule has 1 aromatic rings. The highest BCUT2D eigenvalue weighted by atomic mass is 79.9. The molecule has 2 aliphatic rings. The van der Waals surface area contributed by atoms with Gasteiger partial charge in [-0.2, -0.15) is 0 Å². The van der Waals surface area contributed by atoms with Gasteiger partial charge in [-0.1, -0.05) is 34.1 Å². The molecule has 0 heterocycles. The minimum Gasteiger partial charge on any atom is -0.382 e. The monoisotopic (exact) mass is 305 g/mol. The Hall–Kier alpha value is -0.760. The maximum absolute atomic E-state index is 3.71. The van der Waals surface area contributed by atoms with Gasteiger partial charge in [0.05, 0.1) is 0 Å². The summed E-state index contributed by atoms with van der Waals surface area (Å²) in [4.78, 5) is 0. The van der Waals surface area contributed by atoms with Gasteiger partial charge in [0, 0.05) is 16.2 Å². The number of allylic oxidation sites excluding steroid dienone is 2. The van der Waals surface area contributed by atoms with E-state index in [1.807, 2.05) is 0 Å². The number of aryl methyl sites for hydroxylation is 1. The predicted octanol–water partition coefficient (Wildman–Crippen LogP) is 4.77. The lowest BCUT2D eigenvalue weighted by Crippen LogP contribution is -2.29. The predicted molar refractivity (Wildman–Crippen MR) is 80.8 cm³/mol. The zero-order chi connectivity index (χ0) is 12.7. The van der Waals surface area contributed by atoms with Crippen molar-refractivity contribution in [2.75, 3.05) is 5.32 Å². The first-order valence-corrected chi connectivity index (χ1v) is 7.64. The molecular weight excluding hydrogens is 286 g/mol. The molecule has 2 heteroatoms. The van der Waals surface area contributed by atoms with Crippen molar-refractivity contribution in [3.05, 3.63) is 40.4 Å². The molecule has 0 aliphatic heterocycles. The second-order valence-electron chi connectivity index (χ2n) is 5.84. The summed E-state index contributed by atoms with van der Waals surface area (Å²) >= 11 is 3.55. The van der Waals surface area contributed by atoms with E-state index in [2.05, 4.69) is 65.4 Å². The average molecular weight is 306 g/mol. The number of rotatable bonds is 3. The molecule has 1 N–H and O–H groups in total. The Bertz CT molecular complexity index is 480. The molecule has 0 spiro atoms. The summed E-state index contributed by atoms with van der Waals surface area (Å²) in [6.07, 6.45) is 7.60.